The van der Waals surface area contributed by atoms with Crippen LogP contribution in [0.1, 0.15) is 38.2 Å². The van der Waals surface area contributed by atoms with E-state index in [-0.39, 0.29) is 30.0 Å². The Labute approximate surface area is 188 Å². The van der Waals surface area contributed by atoms with Gasteiger partial charge in [0.05, 0.1) is 13.7 Å². The zero-order valence-corrected chi connectivity index (χ0v) is 19.6. The molecule has 1 aliphatic rings. The van der Waals surface area contributed by atoms with E-state index >= 15 is 0 Å². The predicted octanol–water partition coefficient (Wildman–Crippen LogP) is 4.00. The first-order valence-corrected chi connectivity index (χ1v) is 9.78. The van der Waals surface area contributed by atoms with Gasteiger partial charge >= 0.3 is 6.18 Å². The summed E-state index contributed by atoms with van der Waals surface area (Å²) in [6.45, 7) is 5.46. The lowest BCUT2D eigenvalue weighted by Gasteiger charge is -2.20. The molecule has 1 aromatic carbocycles. The zero-order chi connectivity index (χ0) is 20.6. The van der Waals surface area contributed by atoms with E-state index in [2.05, 4.69) is 34.7 Å². The van der Waals surface area contributed by atoms with Crippen LogP contribution in [0.4, 0.5) is 13.2 Å². The number of hydrogen-bond donors (Lipinski definition) is 2. The molecule has 2 unspecified atom stereocenters. The highest BCUT2D eigenvalue weighted by Gasteiger charge is 2.34. The molecule has 2 N–H and O–H groups in total. The fourth-order valence-electron chi connectivity index (χ4n) is 3.33. The normalized spacial score (nSPS) is 18.8. The van der Waals surface area contributed by atoms with Gasteiger partial charge in [0.15, 0.2) is 5.96 Å². The first-order chi connectivity index (χ1) is 13.3. The minimum absolute atomic E-state index is 0. The molecule has 0 amide bonds. The van der Waals surface area contributed by atoms with Crippen LogP contribution in [0.15, 0.2) is 29.3 Å². The highest BCUT2D eigenvalue weighted by Crippen LogP contribution is 2.22. The minimum Gasteiger partial charge on any atom is -0.497 e. The number of nitrogens with zero attached hydrogens (tertiary/aromatic N) is 2. The van der Waals surface area contributed by atoms with Crippen molar-refractivity contribution < 1.29 is 17.9 Å². The molecule has 0 bridgehead atoms. The van der Waals surface area contributed by atoms with E-state index < -0.39 is 12.7 Å². The van der Waals surface area contributed by atoms with Crippen LogP contribution in [-0.4, -0.2) is 62.9 Å². The number of guanidine groups is 1. The second-order valence-electron chi connectivity index (χ2n) is 7.20. The molecule has 0 aromatic heterocycles. The van der Waals surface area contributed by atoms with Crippen LogP contribution in [-0.2, 0) is 0 Å². The number of halogens is 4. The van der Waals surface area contributed by atoms with Gasteiger partial charge in [0.2, 0.25) is 0 Å². The molecule has 0 saturated carbocycles. The molecule has 0 radical (unpaired) electrons. The Hall–Kier alpha value is -1.23. The molecule has 166 valence electrons. The number of likely N-dealkylation sites (tertiary alicyclic amines) is 1. The fraction of sp³-hybridized carbons (Fsp3) is 0.650. The van der Waals surface area contributed by atoms with Gasteiger partial charge in [0, 0.05) is 32.2 Å². The van der Waals surface area contributed by atoms with Gasteiger partial charge < -0.3 is 15.4 Å². The summed E-state index contributed by atoms with van der Waals surface area (Å²) < 4.78 is 42.8. The first-order valence-electron chi connectivity index (χ1n) is 9.78. The van der Waals surface area contributed by atoms with Gasteiger partial charge in [-0.2, -0.15) is 13.2 Å². The van der Waals surface area contributed by atoms with Crippen LogP contribution in [0.3, 0.4) is 0 Å². The number of rotatable bonds is 8. The summed E-state index contributed by atoms with van der Waals surface area (Å²) in [5.74, 6) is 1.86. The SMILES string of the molecule is CCNC(=NCCC(C)c1ccc(OC)cc1)NC1CCN(CC(F)(F)F)C1.I. The van der Waals surface area contributed by atoms with Gasteiger partial charge in [0.25, 0.3) is 0 Å². The number of benzene rings is 1. The van der Waals surface area contributed by atoms with Gasteiger partial charge in [-0.25, -0.2) is 0 Å². The predicted molar refractivity (Wildman–Crippen MR) is 121 cm³/mol. The van der Waals surface area contributed by atoms with Gasteiger partial charge in [0.1, 0.15) is 5.75 Å². The maximum absolute atomic E-state index is 12.5. The van der Waals surface area contributed by atoms with Crippen LogP contribution in [0.2, 0.25) is 0 Å². The van der Waals surface area contributed by atoms with Crippen molar-refractivity contribution in [3.05, 3.63) is 29.8 Å². The summed E-state index contributed by atoms with van der Waals surface area (Å²) in [5, 5.41) is 6.46. The summed E-state index contributed by atoms with van der Waals surface area (Å²) in [4.78, 5) is 6.04. The minimum atomic E-state index is -4.15. The molecule has 2 rings (SSSR count). The molecule has 1 heterocycles. The molecular weight excluding hydrogens is 496 g/mol. The van der Waals surface area contributed by atoms with Gasteiger partial charge in [-0.15, -0.1) is 24.0 Å². The van der Waals surface area contributed by atoms with Gasteiger partial charge in [-0.1, -0.05) is 19.1 Å². The second-order valence-corrected chi connectivity index (χ2v) is 7.20. The average molecular weight is 528 g/mol. The van der Waals surface area contributed by atoms with Crippen molar-refractivity contribution in [2.24, 2.45) is 4.99 Å². The van der Waals surface area contributed by atoms with Crippen molar-refractivity contribution >= 4 is 29.9 Å². The Morgan fingerprint density at radius 2 is 2.00 bits per heavy atom. The van der Waals surface area contributed by atoms with Gasteiger partial charge in [-0.3, -0.25) is 9.89 Å². The monoisotopic (exact) mass is 528 g/mol. The Morgan fingerprint density at radius 3 is 2.59 bits per heavy atom. The van der Waals surface area contributed by atoms with Crippen molar-refractivity contribution in [1.29, 1.82) is 0 Å². The molecule has 1 fully saturated rings. The highest BCUT2D eigenvalue weighted by atomic mass is 127. The number of alkyl halides is 3. The van der Waals surface area contributed by atoms with Crippen molar-refractivity contribution in [2.45, 2.75) is 44.8 Å². The van der Waals surface area contributed by atoms with E-state index in [1.54, 1.807) is 7.11 Å². The molecular formula is C20H32F3IN4O. The largest absolute Gasteiger partial charge is 0.497 e. The lowest BCUT2D eigenvalue weighted by molar-refractivity contribution is -0.143. The van der Waals surface area contributed by atoms with E-state index in [9.17, 15) is 13.2 Å². The third-order valence-corrected chi connectivity index (χ3v) is 4.88. The maximum Gasteiger partial charge on any atom is 0.401 e. The van der Waals surface area contributed by atoms with Crippen LogP contribution in [0.25, 0.3) is 0 Å². The smallest absolute Gasteiger partial charge is 0.401 e. The topological polar surface area (TPSA) is 48.9 Å². The zero-order valence-electron chi connectivity index (χ0n) is 17.3. The van der Waals surface area contributed by atoms with Gasteiger partial charge in [-0.05, 0) is 43.4 Å². The Morgan fingerprint density at radius 1 is 1.31 bits per heavy atom. The summed E-state index contributed by atoms with van der Waals surface area (Å²) in [7, 11) is 1.65. The van der Waals surface area contributed by atoms with Crippen LogP contribution in [0, 0.1) is 0 Å². The number of aliphatic imine (C=N–C) groups is 1. The van der Waals surface area contributed by atoms with Crippen molar-refractivity contribution in [3.8, 4) is 5.75 Å². The third-order valence-electron chi connectivity index (χ3n) is 4.88. The van der Waals surface area contributed by atoms with E-state index in [0.29, 0.717) is 44.5 Å². The summed E-state index contributed by atoms with van der Waals surface area (Å²) in [6, 6.07) is 8.01. The van der Waals surface area contributed by atoms with Crippen LogP contribution in [0.5, 0.6) is 5.75 Å². The molecule has 1 aromatic rings. The number of methoxy groups -OCH3 is 1. The average Bonchev–Trinajstić information content (AvgIpc) is 3.06. The molecule has 9 heteroatoms. The fourth-order valence-corrected chi connectivity index (χ4v) is 3.33. The van der Waals surface area contributed by atoms with Crippen LogP contribution < -0.4 is 15.4 Å². The van der Waals surface area contributed by atoms with E-state index in [1.807, 2.05) is 19.1 Å². The number of nitrogens with one attached hydrogen (secondary N) is 2. The molecule has 1 aliphatic heterocycles. The number of hydrogen-bond acceptors (Lipinski definition) is 3. The molecule has 0 spiro atoms. The van der Waals surface area contributed by atoms with Crippen LogP contribution >= 0.6 is 24.0 Å². The van der Waals surface area contributed by atoms with Crippen molar-refractivity contribution in [2.75, 3.05) is 39.8 Å². The third kappa shape index (κ3) is 9.41. The van der Waals surface area contributed by atoms with E-state index in [1.165, 1.54) is 10.5 Å². The lowest BCUT2D eigenvalue weighted by atomic mass is 9.98. The molecule has 1 saturated heterocycles. The summed E-state index contributed by atoms with van der Waals surface area (Å²) in [6.07, 6.45) is -2.58. The van der Waals surface area contributed by atoms with Crippen molar-refractivity contribution in [1.82, 2.24) is 15.5 Å². The molecule has 2 atom stereocenters. The van der Waals surface area contributed by atoms with Crippen molar-refractivity contribution in [3.63, 3.8) is 0 Å². The maximum atomic E-state index is 12.5. The molecule has 29 heavy (non-hydrogen) atoms. The lowest BCUT2D eigenvalue weighted by Crippen LogP contribution is -2.45. The first kappa shape index (κ1) is 25.8. The molecule has 5 nitrogen and oxygen atoms in total. The molecule has 0 aliphatic carbocycles. The second kappa shape index (κ2) is 12.5. The summed E-state index contributed by atoms with van der Waals surface area (Å²) >= 11 is 0. The Balaban J connectivity index is 0.00000420. The Kier molecular flexibility index (Phi) is 11.1. The standard InChI is InChI=1S/C20H31F3N4O.HI/c1-4-24-19(26-17-10-12-27(13-17)14-20(21,22)23)25-11-9-15(2)16-5-7-18(28-3)8-6-16;/h5-8,15,17H,4,9-14H2,1-3H3,(H2,24,25,26);1H. The highest BCUT2D eigenvalue weighted by molar-refractivity contribution is 14.0. The van der Waals surface area contributed by atoms with E-state index in [0.717, 1.165) is 12.2 Å². The van der Waals surface area contributed by atoms with E-state index in [4.69, 9.17) is 4.74 Å². The quantitative estimate of drug-likeness (QED) is 0.305. The number of ether oxygens (including phenoxy) is 1. The summed E-state index contributed by atoms with van der Waals surface area (Å²) in [5.41, 5.74) is 1.23. The Bertz CT molecular complexity index is 625.